The third-order valence-corrected chi connectivity index (χ3v) is 5.79. The van der Waals surface area contributed by atoms with Crippen LogP contribution in [0.15, 0.2) is 48.5 Å². The lowest BCUT2D eigenvalue weighted by Crippen LogP contribution is -2.38. The highest BCUT2D eigenvalue weighted by molar-refractivity contribution is 5.94. The van der Waals surface area contributed by atoms with Crippen LogP contribution in [0.3, 0.4) is 0 Å². The van der Waals surface area contributed by atoms with Crippen molar-refractivity contribution < 1.29 is 14.7 Å². The second kappa shape index (κ2) is 6.94. The minimum absolute atomic E-state index is 0.122. The number of benzene rings is 2. The smallest absolute Gasteiger partial charge is 0.306 e. The molecule has 0 bridgehead atoms. The number of aliphatic carboxylic acids is 1. The van der Waals surface area contributed by atoms with Crippen LogP contribution in [-0.4, -0.2) is 35.0 Å². The van der Waals surface area contributed by atoms with E-state index in [4.69, 9.17) is 5.11 Å². The van der Waals surface area contributed by atoms with Gasteiger partial charge in [-0.05, 0) is 47.6 Å². The van der Waals surface area contributed by atoms with Gasteiger partial charge in [0.15, 0.2) is 0 Å². The van der Waals surface area contributed by atoms with Gasteiger partial charge in [0.25, 0.3) is 0 Å². The average molecular weight is 349 g/mol. The van der Waals surface area contributed by atoms with E-state index in [-0.39, 0.29) is 17.7 Å². The molecular formula is C22H23NO3. The summed E-state index contributed by atoms with van der Waals surface area (Å²) in [6.07, 6.45) is 4.81. The second-order valence-corrected chi connectivity index (χ2v) is 7.34. The van der Waals surface area contributed by atoms with E-state index >= 15 is 0 Å². The third-order valence-electron chi connectivity index (χ3n) is 5.79. The molecule has 2 aromatic rings. The van der Waals surface area contributed by atoms with Crippen molar-refractivity contribution in [2.75, 3.05) is 13.1 Å². The van der Waals surface area contributed by atoms with Gasteiger partial charge in [-0.15, -0.1) is 0 Å². The quantitative estimate of drug-likeness (QED) is 0.912. The maximum Gasteiger partial charge on any atom is 0.306 e. The molecule has 1 saturated carbocycles. The molecule has 0 aromatic heterocycles. The molecule has 4 heteroatoms. The number of rotatable bonds is 3. The molecule has 2 atom stereocenters. The molecule has 1 fully saturated rings. The van der Waals surface area contributed by atoms with Crippen LogP contribution < -0.4 is 0 Å². The van der Waals surface area contributed by atoms with E-state index in [1.165, 1.54) is 21.9 Å². The van der Waals surface area contributed by atoms with E-state index in [0.29, 0.717) is 32.4 Å². The molecule has 1 amide bonds. The summed E-state index contributed by atoms with van der Waals surface area (Å²) in [6.45, 7) is 1.33. The van der Waals surface area contributed by atoms with Crippen LogP contribution in [0.1, 0.15) is 31.2 Å². The van der Waals surface area contributed by atoms with E-state index in [9.17, 15) is 9.59 Å². The Kier molecular flexibility index (Phi) is 4.49. The number of carboxylic acid groups (broad SMARTS) is 1. The minimum atomic E-state index is -0.767. The highest BCUT2D eigenvalue weighted by atomic mass is 16.4. The summed E-state index contributed by atoms with van der Waals surface area (Å²) in [6, 6.07) is 14.7. The van der Waals surface area contributed by atoms with Crippen LogP contribution in [0.2, 0.25) is 0 Å². The lowest BCUT2D eigenvalue weighted by molar-refractivity contribution is -0.141. The number of carbonyl (C=O) groups excluding carboxylic acids is 1. The first kappa shape index (κ1) is 16.8. The Balaban J connectivity index is 1.48. The maximum absolute atomic E-state index is 12.7. The largest absolute Gasteiger partial charge is 0.481 e. The van der Waals surface area contributed by atoms with Gasteiger partial charge in [-0.2, -0.15) is 0 Å². The first-order valence-corrected chi connectivity index (χ1v) is 9.32. The van der Waals surface area contributed by atoms with Gasteiger partial charge in [0.1, 0.15) is 0 Å². The molecule has 0 unspecified atom stereocenters. The molecule has 0 saturated heterocycles. The molecule has 4 rings (SSSR count). The number of nitrogens with zero attached hydrogens (tertiary/aromatic N) is 1. The lowest BCUT2D eigenvalue weighted by Gasteiger charge is -2.29. The van der Waals surface area contributed by atoms with Gasteiger partial charge in [-0.25, -0.2) is 0 Å². The van der Waals surface area contributed by atoms with Crippen LogP contribution in [0, 0.1) is 11.8 Å². The van der Waals surface area contributed by atoms with Gasteiger partial charge in [0.2, 0.25) is 5.91 Å². The normalized spacial score (nSPS) is 23.1. The summed E-state index contributed by atoms with van der Waals surface area (Å²) in [4.78, 5) is 25.7. The fourth-order valence-corrected chi connectivity index (χ4v) is 4.31. The monoisotopic (exact) mass is 349 g/mol. The van der Waals surface area contributed by atoms with E-state index in [1.807, 2.05) is 11.0 Å². The molecular weight excluding hydrogens is 326 g/mol. The maximum atomic E-state index is 12.7. The second-order valence-electron chi connectivity index (χ2n) is 7.34. The molecule has 1 aliphatic heterocycles. The topological polar surface area (TPSA) is 57.6 Å². The summed E-state index contributed by atoms with van der Waals surface area (Å²) in [7, 11) is 0. The van der Waals surface area contributed by atoms with Gasteiger partial charge in [-0.3, -0.25) is 9.59 Å². The average Bonchev–Trinajstić information content (AvgIpc) is 3.18. The van der Waals surface area contributed by atoms with Crippen molar-refractivity contribution in [3.05, 3.63) is 54.1 Å². The van der Waals surface area contributed by atoms with Crippen molar-refractivity contribution in [1.82, 2.24) is 4.90 Å². The molecule has 0 spiro atoms. The predicted molar refractivity (Wildman–Crippen MR) is 102 cm³/mol. The van der Waals surface area contributed by atoms with Crippen molar-refractivity contribution in [2.24, 2.45) is 11.8 Å². The lowest BCUT2D eigenvalue weighted by atomic mass is 9.93. The Labute approximate surface area is 153 Å². The Hall–Kier alpha value is -2.62. The Morgan fingerprint density at radius 1 is 1.00 bits per heavy atom. The Bertz CT molecular complexity index is 881. The van der Waals surface area contributed by atoms with E-state index < -0.39 is 5.97 Å². The fraction of sp³-hybridized carbons (Fsp3) is 0.364. The molecule has 1 N–H and O–H groups in total. The van der Waals surface area contributed by atoms with Crippen LogP contribution in [0.5, 0.6) is 0 Å². The van der Waals surface area contributed by atoms with Crippen LogP contribution >= 0.6 is 0 Å². The van der Waals surface area contributed by atoms with Crippen molar-refractivity contribution in [3.8, 4) is 0 Å². The van der Waals surface area contributed by atoms with Gasteiger partial charge in [0, 0.05) is 19.0 Å². The highest BCUT2D eigenvalue weighted by Gasteiger charge is 2.36. The SMILES string of the molecule is O=C(O)[C@@H]1CC[C@H](C(=O)N2CC=C(c3cccc4ccccc34)CC2)C1. The van der Waals surface area contributed by atoms with Gasteiger partial charge < -0.3 is 10.0 Å². The van der Waals surface area contributed by atoms with Gasteiger partial charge in [-0.1, -0.05) is 48.5 Å². The van der Waals surface area contributed by atoms with Crippen molar-refractivity contribution in [2.45, 2.75) is 25.7 Å². The number of hydrogen-bond acceptors (Lipinski definition) is 2. The third kappa shape index (κ3) is 3.12. The Morgan fingerprint density at radius 3 is 2.50 bits per heavy atom. The fourth-order valence-electron chi connectivity index (χ4n) is 4.31. The van der Waals surface area contributed by atoms with Crippen LogP contribution in [0.25, 0.3) is 16.3 Å². The number of carboxylic acids is 1. The predicted octanol–water partition coefficient (Wildman–Crippen LogP) is 3.96. The summed E-state index contributed by atoms with van der Waals surface area (Å²) < 4.78 is 0. The number of fused-ring (bicyclic) bond motifs is 1. The minimum Gasteiger partial charge on any atom is -0.481 e. The number of carbonyl (C=O) groups is 2. The molecule has 2 aromatic carbocycles. The van der Waals surface area contributed by atoms with E-state index in [0.717, 1.165) is 6.42 Å². The molecule has 1 aliphatic carbocycles. The first-order chi connectivity index (χ1) is 12.6. The standard InChI is InChI=1S/C22H23NO3/c24-21(17-8-9-18(14-17)22(25)26)23-12-10-16(11-13-23)20-7-3-5-15-4-1-2-6-19(15)20/h1-7,10,17-18H,8-9,11-14H2,(H,25,26)/t17-,18+/m0/s1. The molecule has 26 heavy (non-hydrogen) atoms. The first-order valence-electron chi connectivity index (χ1n) is 9.32. The zero-order valence-corrected chi connectivity index (χ0v) is 14.7. The molecule has 2 aliphatic rings. The summed E-state index contributed by atoms with van der Waals surface area (Å²) in [5.41, 5.74) is 2.54. The van der Waals surface area contributed by atoms with E-state index in [1.54, 1.807) is 0 Å². The summed E-state index contributed by atoms with van der Waals surface area (Å²) in [5.74, 6) is -1.11. The zero-order chi connectivity index (χ0) is 18.1. The van der Waals surface area contributed by atoms with Gasteiger partial charge >= 0.3 is 5.97 Å². The van der Waals surface area contributed by atoms with Gasteiger partial charge in [0.05, 0.1) is 5.92 Å². The molecule has 1 heterocycles. The van der Waals surface area contributed by atoms with Crippen molar-refractivity contribution in [3.63, 3.8) is 0 Å². The highest BCUT2D eigenvalue weighted by Crippen LogP contribution is 2.34. The molecule has 0 radical (unpaired) electrons. The van der Waals surface area contributed by atoms with E-state index in [2.05, 4.69) is 42.5 Å². The number of amides is 1. The Morgan fingerprint density at radius 2 is 1.77 bits per heavy atom. The zero-order valence-electron chi connectivity index (χ0n) is 14.7. The van der Waals surface area contributed by atoms with Crippen molar-refractivity contribution >= 4 is 28.2 Å². The van der Waals surface area contributed by atoms with Crippen LogP contribution in [-0.2, 0) is 9.59 Å². The summed E-state index contributed by atoms with van der Waals surface area (Å²) in [5, 5.41) is 11.6. The van der Waals surface area contributed by atoms with Crippen molar-refractivity contribution in [1.29, 1.82) is 0 Å². The van der Waals surface area contributed by atoms with Crippen LogP contribution in [0.4, 0.5) is 0 Å². The molecule has 134 valence electrons. The molecule has 4 nitrogen and oxygen atoms in total. The number of hydrogen-bond donors (Lipinski definition) is 1. The summed E-state index contributed by atoms with van der Waals surface area (Å²) >= 11 is 0.